The number of hydrogen-bond donors (Lipinski definition) is 0. The first kappa shape index (κ1) is 13.0. The van der Waals surface area contributed by atoms with Gasteiger partial charge in [-0.25, -0.2) is 4.79 Å². The van der Waals surface area contributed by atoms with E-state index in [4.69, 9.17) is 21.6 Å². The molecule has 0 aliphatic heterocycles. The second-order valence-corrected chi connectivity index (χ2v) is 3.21. The SMILES string of the molecule is C=C(C#N)C(=O)OCCCCCCCl. The summed E-state index contributed by atoms with van der Waals surface area (Å²) in [5.41, 5.74) is -0.147. The van der Waals surface area contributed by atoms with Gasteiger partial charge in [0, 0.05) is 5.88 Å². The minimum Gasteiger partial charge on any atom is -0.462 e. The van der Waals surface area contributed by atoms with Crippen molar-refractivity contribution < 1.29 is 9.53 Å². The Morgan fingerprint density at radius 2 is 2.00 bits per heavy atom. The number of carbonyl (C=O) groups excluding carboxylic acids is 1. The lowest BCUT2D eigenvalue weighted by atomic mass is 10.2. The second kappa shape index (κ2) is 8.58. The smallest absolute Gasteiger partial charge is 0.348 e. The molecular weight excluding hydrogens is 202 g/mol. The van der Waals surface area contributed by atoms with E-state index in [0.717, 1.165) is 25.7 Å². The van der Waals surface area contributed by atoms with Gasteiger partial charge in [-0.15, -0.1) is 11.6 Å². The van der Waals surface area contributed by atoms with Crippen molar-refractivity contribution in [3.8, 4) is 6.07 Å². The highest BCUT2D eigenvalue weighted by Crippen LogP contribution is 2.02. The molecule has 3 nitrogen and oxygen atoms in total. The molecule has 0 aromatic carbocycles. The van der Waals surface area contributed by atoms with Crippen LogP contribution in [0.2, 0.25) is 0 Å². The Balaban J connectivity index is 3.33. The molecule has 0 fully saturated rings. The Morgan fingerprint density at radius 1 is 1.36 bits per heavy atom. The van der Waals surface area contributed by atoms with E-state index in [2.05, 4.69) is 6.58 Å². The zero-order chi connectivity index (χ0) is 10.8. The van der Waals surface area contributed by atoms with Crippen LogP contribution in [0.3, 0.4) is 0 Å². The Morgan fingerprint density at radius 3 is 2.57 bits per heavy atom. The number of halogens is 1. The van der Waals surface area contributed by atoms with Gasteiger partial charge in [-0.2, -0.15) is 5.26 Å². The maximum Gasteiger partial charge on any atom is 0.348 e. The van der Waals surface area contributed by atoms with E-state index >= 15 is 0 Å². The monoisotopic (exact) mass is 215 g/mol. The Labute approximate surface area is 89.3 Å². The lowest BCUT2D eigenvalue weighted by Gasteiger charge is -2.02. The van der Waals surface area contributed by atoms with Crippen molar-refractivity contribution >= 4 is 17.6 Å². The first-order valence-electron chi connectivity index (χ1n) is 4.54. The van der Waals surface area contributed by atoms with Crippen molar-refractivity contribution in [2.24, 2.45) is 0 Å². The molecule has 4 heteroatoms. The summed E-state index contributed by atoms with van der Waals surface area (Å²) >= 11 is 5.49. The topological polar surface area (TPSA) is 50.1 Å². The van der Waals surface area contributed by atoms with Crippen molar-refractivity contribution in [2.45, 2.75) is 25.7 Å². The molecule has 0 rings (SSSR count). The molecular formula is C10H14ClNO2. The van der Waals surface area contributed by atoms with Crippen LogP contribution in [0.15, 0.2) is 12.2 Å². The summed E-state index contributed by atoms with van der Waals surface area (Å²) in [6, 6.07) is 1.64. The number of nitrogens with zero attached hydrogens (tertiary/aromatic N) is 1. The van der Waals surface area contributed by atoms with Crippen molar-refractivity contribution in [3.05, 3.63) is 12.2 Å². The number of rotatable bonds is 7. The number of esters is 1. The van der Waals surface area contributed by atoms with Crippen LogP contribution in [0.5, 0.6) is 0 Å². The number of unbranched alkanes of at least 4 members (excludes halogenated alkanes) is 3. The first-order chi connectivity index (χ1) is 6.72. The maximum atomic E-state index is 10.9. The van der Waals surface area contributed by atoms with E-state index in [-0.39, 0.29) is 5.57 Å². The fourth-order valence-electron chi connectivity index (χ4n) is 0.848. The van der Waals surface area contributed by atoms with Crippen molar-refractivity contribution in [3.63, 3.8) is 0 Å². The summed E-state index contributed by atoms with van der Waals surface area (Å²) in [6.07, 6.45) is 3.82. The Kier molecular flexibility index (Phi) is 7.96. The van der Waals surface area contributed by atoms with E-state index in [1.54, 1.807) is 6.07 Å². The predicted octanol–water partition coefficient (Wildman–Crippen LogP) is 2.41. The predicted molar refractivity (Wildman–Crippen MR) is 54.9 cm³/mol. The summed E-state index contributed by atoms with van der Waals surface area (Å²) in [6.45, 7) is 3.60. The highest BCUT2D eigenvalue weighted by Gasteiger charge is 2.05. The number of hydrogen-bond acceptors (Lipinski definition) is 3. The molecule has 0 unspecified atom stereocenters. The Bertz CT molecular complexity index is 233. The summed E-state index contributed by atoms with van der Waals surface area (Å²) in [4.78, 5) is 10.9. The molecule has 0 radical (unpaired) electrons. The summed E-state index contributed by atoms with van der Waals surface area (Å²) in [5.74, 6) is 0.0511. The molecule has 0 aliphatic carbocycles. The molecule has 0 spiro atoms. The van der Waals surface area contributed by atoms with Crippen LogP contribution >= 0.6 is 11.6 Å². The largest absolute Gasteiger partial charge is 0.462 e. The van der Waals surface area contributed by atoms with Crippen LogP contribution in [0.1, 0.15) is 25.7 Å². The van der Waals surface area contributed by atoms with Crippen LogP contribution in [0.4, 0.5) is 0 Å². The highest BCUT2D eigenvalue weighted by molar-refractivity contribution is 6.17. The van der Waals surface area contributed by atoms with Crippen LogP contribution in [-0.4, -0.2) is 18.5 Å². The molecule has 0 aromatic rings. The van der Waals surface area contributed by atoms with Gasteiger partial charge >= 0.3 is 5.97 Å². The molecule has 0 amide bonds. The maximum absolute atomic E-state index is 10.9. The molecule has 0 aliphatic rings. The molecule has 0 saturated carbocycles. The molecule has 0 saturated heterocycles. The molecule has 78 valence electrons. The zero-order valence-electron chi connectivity index (χ0n) is 8.09. The van der Waals surface area contributed by atoms with E-state index < -0.39 is 5.97 Å². The van der Waals surface area contributed by atoms with Crippen LogP contribution < -0.4 is 0 Å². The zero-order valence-corrected chi connectivity index (χ0v) is 8.85. The minimum atomic E-state index is -0.621. The molecule has 0 bridgehead atoms. The number of ether oxygens (including phenoxy) is 1. The van der Waals surface area contributed by atoms with Gasteiger partial charge in [0.1, 0.15) is 11.6 Å². The van der Waals surface area contributed by atoms with Gasteiger partial charge in [-0.05, 0) is 12.8 Å². The van der Waals surface area contributed by atoms with E-state index in [9.17, 15) is 4.79 Å². The first-order valence-corrected chi connectivity index (χ1v) is 5.08. The van der Waals surface area contributed by atoms with Gasteiger partial charge in [0.2, 0.25) is 0 Å². The van der Waals surface area contributed by atoms with Gasteiger partial charge in [0.15, 0.2) is 0 Å². The number of nitriles is 1. The average Bonchev–Trinajstić information content (AvgIpc) is 2.21. The van der Waals surface area contributed by atoms with E-state index in [1.165, 1.54) is 0 Å². The third-order valence-corrected chi connectivity index (χ3v) is 1.91. The normalized spacial score (nSPS) is 9.14. The molecule has 0 atom stereocenters. The minimum absolute atomic E-state index is 0.147. The van der Waals surface area contributed by atoms with Crippen molar-refractivity contribution in [2.75, 3.05) is 12.5 Å². The van der Waals surface area contributed by atoms with Gasteiger partial charge in [0.25, 0.3) is 0 Å². The highest BCUT2D eigenvalue weighted by atomic mass is 35.5. The van der Waals surface area contributed by atoms with Crippen molar-refractivity contribution in [1.29, 1.82) is 5.26 Å². The molecule has 0 heterocycles. The van der Waals surface area contributed by atoms with Crippen LogP contribution in [-0.2, 0) is 9.53 Å². The molecule has 14 heavy (non-hydrogen) atoms. The third kappa shape index (κ3) is 6.50. The molecule has 0 N–H and O–H groups in total. The Hall–Kier alpha value is -1.01. The fourth-order valence-corrected chi connectivity index (χ4v) is 1.04. The molecule has 0 aromatic heterocycles. The standard InChI is InChI=1S/C10H14ClNO2/c1-9(8-12)10(13)14-7-5-3-2-4-6-11/h1-7H2. The van der Waals surface area contributed by atoms with Gasteiger partial charge in [-0.1, -0.05) is 19.4 Å². The van der Waals surface area contributed by atoms with Gasteiger partial charge in [0.05, 0.1) is 6.61 Å². The van der Waals surface area contributed by atoms with Crippen molar-refractivity contribution in [1.82, 2.24) is 0 Å². The lowest BCUT2D eigenvalue weighted by Crippen LogP contribution is -2.06. The van der Waals surface area contributed by atoms with Crippen LogP contribution in [0.25, 0.3) is 0 Å². The van der Waals surface area contributed by atoms with Gasteiger partial charge < -0.3 is 4.74 Å². The van der Waals surface area contributed by atoms with E-state index in [0.29, 0.717) is 12.5 Å². The van der Waals surface area contributed by atoms with Gasteiger partial charge in [-0.3, -0.25) is 0 Å². The second-order valence-electron chi connectivity index (χ2n) is 2.83. The number of alkyl halides is 1. The quantitative estimate of drug-likeness (QED) is 0.215. The fraction of sp³-hybridized carbons (Fsp3) is 0.600. The van der Waals surface area contributed by atoms with Crippen LogP contribution in [0, 0.1) is 11.3 Å². The summed E-state index contributed by atoms with van der Waals surface area (Å²) in [5, 5.41) is 8.31. The summed E-state index contributed by atoms with van der Waals surface area (Å²) in [7, 11) is 0. The summed E-state index contributed by atoms with van der Waals surface area (Å²) < 4.78 is 4.78. The van der Waals surface area contributed by atoms with E-state index in [1.807, 2.05) is 0 Å². The lowest BCUT2D eigenvalue weighted by molar-refractivity contribution is -0.138. The number of carbonyl (C=O) groups is 1. The average molecular weight is 216 g/mol. The third-order valence-electron chi connectivity index (χ3n) is 1.64.